The number of nitrogens with one attached hydrogen (secondary N) is 3. The van der Waals surface area contributed by atoms with E-state index in [2.05, 4.69) is 20.9 Å². The van der Waals surface area contributed by atoms with Crippen molar-refractivity contribution in [1.82, 2.24) is 10.3 Å². The first-order chi connectivity index (χ1) is 20.5. The highest BCUT2D eigenvalue weighted by atomic mass is 32.2. The molecule has 3 N–H and O–H groups in total. The molecule has 0 saturated carbocycles. The fourth-order valence-corrected chi connectivity index (χ4v) is 5.48. The Morgan fingerprint density at radius 2 is 1.64 bits per heavy atom. The maximum absolute atomic E-state index is 13.3. The normalized spacial score (nSPS) is 11.1. The third-order valence-corrected chi connectivity index (χ3v) is 7.92. The highest BCUT2D eigenvalue weighted by molar-refractivity contribution is 8.00. The second kappa shape index (κ2) is 13.6. The fraction of sp³-hybridized carbons (Fsp3) is 0.0625. The summed E-state index contributed by atoms with van der Waals surface area (Å²) in [7, 11) is 1.56. The van der Waals surface area contributed by atoms with E-state index < -0.39 is 11.8 Å². The zero-order valence-electron chi connectivity index (χ0n) is 22.5. The first-order valence-corrected chi connectivity index (χ1v) is 14.7. The monoisotopic (exact) mass is 594 g/mol. The number of nitrogens with zero attached hydrogens (tertiary/aromatic N) is 1. The summed E-state index contributed by atoms with van der Waals surface area (Å²) in [6, 6.07) is 30.7. The Kier molecular flexibility index (Phi) is 9.27. The van der Waals surface area contributed by atoms with Crippen LogP contribution >= 0.6 is 23.1 Å². The highest BCUT2D eigenvalue weighted by Crippen LogP contribution is 2.26. The van der Waals surface area contributed by atoms with Crippen LogP contribution in [-0.4, -0.2) is 35.6 Å². The maximum atomic E-state index is 13.3. The van der Waals surface area contributed by atoms with Crippen molar-refractivity contribution in [1.29, 1.82) is 0 Å². The molecular weight excluding hydrogens is 569 g/mol. The van der Waals surface area contributed by atoms with Gasteiger partial charge in [0.1, 0.15) is 11.4 Å². The number of carbonyl (C=O) groups excluding carboxylic acids is 3. The topological polar surface area (TPSA) is 109 Å². The van der Waals surface area contributed by atoms with Crippen LogP contribution in [0.4, 0.5) is 10.8 Å². The maximum Gasteiger partial charge on any atom is 0.272 e. The van der Waals surface area contributed by atoms with Crippen LogP contribution in [0.3, 0.4) is 0 Å². The van der Waals surface area contributed by atoms with Gasteiger partial charge in [0.15, 0.2) is 5.13 Å². The molecule has 0 fully saturated rings. The number of carbonyl (C=O) groups is 3. The van der Waals surface area contributed by atoms with E-state index in [1.165, 1.54) is 23.1 Å². The molecule has 0 radical (unpaired) electrons. The van der Waals surface area contributed by atoms with Crippen LogP contribution in [0, 0.1) is 0 Å². The van der Waals surface area contributed by atoms with Gasteiger partial charge < -0.3 is 20.7 Å². The van der Waals surface area contributed by atoms with Crippen molar-refractivity contribution in [3.05, 3.63) is 120 Å². The number of hydrogen-bond acceptors (Lipinski definition) is 7. The highest BCUT2D eigenvalue weighted by Gasteiger charge is 2.16. The molecule has 10 heteroatoms. The minimum absolute atomic E-state index is 0.0714. The quantitative estimate of drug-likeness (QED) is 0.127. The first-order valence-electron chi connectivity index (χ1n) is 12.9. The van der Waals surface area contributed by atoms with Gasteiger partial charge in [-0.15, -0.1) is 11.8 Å². The minimum Gasteiger partial charge on any atom is -0.497 e. The summed E-state index contributed by atoms with van der Waals surface area (Å²) < 4.78 is 6.30. The predicted octanol–water partition coefficient (Wildman–Crippen LogP) is 6.45. The number of aromatic nitrogens is 1. The fourth-order valence-electron chi connectivity index (χ4n) is 3.90. The van der Waals surface area contributed by atoms with Crippen LogP contribution in [0.1, 0.15) is 15.9 Å². The number of rotatable bonds is 10. The van der Waals surface area contributed by atoms with Gasteiger partial charge in [0.2, 0.25) is 5.91 Å². The number of fused-ring (bicyclic) bond motifs is 1. The lowest BCUT2D eigenvalue weighted by atomic mass is 10.1. The van der Waals surface area contributed by atoms with Gasteiger partial charge in [-0.25, -0.2) is 4.98 Å². The molecule has 3 amide bonds. The second-order valence-corrected chi connectivity index (χ2v) is 11.0. The zero-order chi connectivity index (χ0) is 29.3. The molecule has 0 saturated heterocycles. The number of anilines is 2. The lowest BCUT2D eigenvalue weighted by Gasteiger charge is -2.12. The number of amides is 3. The van der Waals surface area contributed by atoms with Crippen molar-refractivity contribution in [3.8, 4) is 5.75 Å². The third kappa shape index (κ3) is 7.62. The van der Waals surface area contributed by atoms with E-state index in [0.717, 1.165) is 15.1 Å². The number of thioether (sulfide) groups is 1. The minimum atomic E-state index is -0.488. The van der Waals surface area contributed by atoms with E-state index in [0.29, 0.717) is 27.7 Å². The van der Waals surface area contributed by atoms with Gasteiger partial charge in [-0.1, -0.05) is 53.8 Å². The molecule has 0 spiro atoms. The molecule has 1 aromatic heterocycles. The molecule has 42 heavy (non-hydrogen) atoms. The summed E-state index contributed by atoms with van der Waals surface area (Å²) >= 11 is 2.80. The van der Waals surface area contributed by atoms with Crippen molar-refractivity contribution >= 4 is 67.9 Å². The zero-order valence-corrected chi connectivity index (χ0v) is 24.1. The summed E-state index contributed by atoms with van der Waals surface area (Å²) in [6.45, 7) is 0. The summed E-state index contributed by atoms with van der Waals surface area (Å²) in [5.41, 5.74) is 2.57. The molecule has 5 aromatic rings. The Hall–Kier alpha value is -4.93. The van der Waals surface area contributed by atoms with Crippen molar-refractivity contribution in [2.45, 2.75) is 4.90 Å². The van der Waals surface area contributed by atoms with Gasteiger partial charge in [-0.3, -0.25) is 14.4 Å². The Balaban J connectivity index is 1.22. The van der Waals surface area contributed by atoms with Crippen molar-refractivity contribution in [2.75, 3.05) is 23.5 Å². The average molecular weight is 595 g/mol. The first kappa shape index (κ1) is 28.6. The van der Waals surface area contributed by atoms with Gasteiger partial charge in [0.25, 0.3) is 11.8 Å². The van der Waals surface area contributed by atoms with Gasteiger partial charge in [0, 0.05) is 16.1 Å². The largest absolute Gasteiger partial charge is 0.497 e. The second-order valence-electron chi connectivity index (χ2n) is 8.96. The van der Waals surface area contributed by atoms with Crippen LogP contribution in [-0.2, 0) is 9.59 Å². The van der Waals surface area contributed by atoms with E-state index in [9.17, 15) is 14.4 Å². The molecule has 4 aromatic carbocycles. The molecule has 0 aliphatic carbocycles. The van der Waals surface area contributed by atoms with Gasteiger partial charge >= 0.3 is 0 Å². The molecule has 0 bridgehead atoms. The Morgan fingerprint density at radius 3 is 2.40 bits per heavy atom. The Labute approximate surface area is 250 Å². The molecule has 0 atom stereocenters. The number of ether oxygens (including phenoxy) is 1. The van der Waals surface area contributed by atoms with Gasteiger partial charge in [-0.2, -0.15) is 0 Å². The lowest BCUT2D eigenvalue weighted by Crippen LogP contribution is -2.30. The van der Waals surface area contributed by atoms with E-state index in [1.807, 2.05) is 48.5 Å². The Bertz CT molecular complexity index is 1720. The molecule has 0 aliphatic heterocycles. The van der Waals surface area contributed by atoms with Crippen LogP contribution < -0.4 is 20.7 Å². The van der Waals surface area contributed by atoms with Crippen LogP contribution in [0.15, 0.2) is 114 Å². The molecule has 210 valence electrons. The average Bonchev–Trinajstić information content (AvgIpc) is 3.43. The van der Waals surface area contributed by atoms with E-state index in [-0.39, 0.29) is 17.4 Å². The number of thiazole rings is 1. The molecule has 5 rings (SSSR count). The number of hydrogen-bond donors (Lipinski definition) is 3. The van der Waals surface area contributed by atoms with E-state index in [4.69, 9.17) is 4.74 Å². The number of para-hydroxylation sites is 1. The van der Waals surface area contributed by atoms with Crippen LogP contribution in [0.2, 0.25) is 0 Å². The molecule has 1 heterocycles. The summed E-state index contributed by atoms with van der Waals surface area (Å²) in [5, 5.41) is 8.98. The lowest BCUT2D eigenvalue weighted by molar-refractivity contribution is -0.114. The molecular formula is C32H26N4O4S2. The Morgan fingerprint density at radius 1 is 0.881 bits per heavy atom. The van der Waals surface area contributed by atoms with Crippen LogP contribution in [0.25, 0.3) is 16.3 Å². The standard InChI is InChI=1S/C32H26N4O4S2/c1-40-24-11-7-8-21(18-24)19-27(34-30(38)22-9-3-2-4-10-22)31(39)33-23-14-16-25(17-15-23)41-20-29(37)36-32-35-26-12-5-6-13-28(26)42-32/h2-19H,20H2,1H3,(H,33,39)(H,34,38)(H,35,36,37)/b27-19-. The van der Waals surface area contributed by atoms with Crippen LogP contribution in [0.5, 0.6) is 5.75 Å². The number of benzene rings is 4. The summed E-state index contributed by atoms with van der Waals surface area (Å²) in [6.07, 6.45) is 1.59. The smallest absolute Gasteiger partial charge is 0.272 e. The summed E-state index contributed by atoms with van der Waals surface area (Å²) in [5.74, 6) is -0.216. The van der Waals surface area contributed by atoms with Crippen molar-refractivity contribution in [3.63, 3.8) is 0 Å². The SMILES string of the molecule is COc1cccc(/C=C(\NC(=O)c2ccccc2)C(=O)Nc2ccc(SCC(=O)Nc3nc4ccccc4s3)cc2)c1. The predicted molar refractivity (Wildman–Crippen MR) is 169 cm³/mol. The molecule has 0 aliphatic rings. The summed E-state index contributed by atoms with van der Waals surface area (Å²) in [4.78, 5) is 43.9. The van der Waals surface area contributed by atoms with Gasteiger partial charge in [-0.05, 0) is 72.3 Å². The van der Waals surface area contributed by atoms with E-state index >= 15 is 0 Å². The van der Waals surface area contributed by atoms with Crippen molar-refractivity contribution in [2.24, 2.45) is 0 Å². The van der Waals surface area contributed by atoms with Gasteiger partial charge in [0.05, 0.1) is 23.1 Å². The third-order valence-electron chi connectivity index (χ3n) is 5.96. The molecule has 0 unspecified atom stereocenters. The van der Waals surface area contributed by atoms with E-state index in [1.54, 1.807) is 67.8 Å². The van der Waals surface area contributed by atoms with Crippen molar-refractivity contribution < 1.29 is 19.1 Å². The number of methoxy groups -OCH3 is 1. The molecule has 8 nitrogen and oxygen atoms in total.